The van der Waals surface area contributed by atoms with E-state index in [1.807, 2.05) is 6.07 Å². The van der Waals surface area contributed by atoms with Gasteiger partial charge in [0.15, 0.2) is 0 Å². The molecule has 1 aromatic heterocycles. The van der Waals surface area contributed by atoms with Gasteiger partial charge in [-0.05, 0) is 29.8 Å². The summed E-state index contributed by atoms with van der Waals surface area (Å²) in [6.45, 7) is 0. The number of aromatic nitrogens is 2. The third-order valence-corrected chi connectivity index (χ3v) is 3.18. The second kappa shape index (κ2) is 6.54. The third kappa shape index (κ3) is 3.34. The molecule has 0 spiro atoms. The van der Waals surface area contributed by atoms with Crippen molar-refractivity contribution in [3.05, 3.63) is 75.7 Å². The highest BCUT2D eigenvalue weighted by molar-refractivity contribution is 5.67. The van der Waals surface area contributed by atoms with Crippen LogP contribution in [0.15, 0.2) is 52.9 Å². The molecule has 2 aromatic carbocycles. The average Bonchev–Trinajstić information content (AvgIpc) is 3.09. The highest BCUT2D eigenvalue weighted by atomic mass is 16.6. The second-order valence-electron chi connectivity index (χ2n) is 4.82. The Hall–Kier alpha value is -3.79. The van der Waals surface area contributed by atoms with Crippen LogP contribution in [0.4, 0.5) is 5.69 Å². The lowest BCUT2D eigenvalue weighted by Gasteiger charge is -1.94. The Bertz CT molecular complexity index is 970. The Morgan fingerprint density at radius 2 is 1.96 bits per heavy atom. The minimum atomic E-state index is -0.483. The number of hydrogen-bond acceptors (Lipinski definition) is 6. The van der Waals surface area contributed by atoms with Crippen LogP contribution in [-0.4, -0.2) is 15.1 Å². The Kier molecular flexibility index (Phi) is 4.12. The maximum Gasteiger partial charge on any atom is 0.270 e. The SMILES string of the molecule is N#Cc1cccc(C=Cc2nnc(-c3cccc([N+](=O)[O-])c3)o2)c1. The minimum absolute atomic E-state index is 0.0453. The number of rotatable bonds is 4. The van der Waals surface area contributed by atoms with Crippen molar-refractivity contribution in [3.8, 4) is 17.5 Å². The molecule has 0 N–H and O–H groups in total. The predicted molar refractivity (Wildman–Crippen MR) is 86.5 cm³/mol. The van der Waals surface area contributed by atoms with Gasteiger partial charge in [0.05, 0.1) is 16.6 Å². The summed E-state index contributed by atoms with van der Waals surface area (Å²) >= 11 is 0. The second-order valence-corrected chi connectivity index (χ2v) is 4.82. The van der Waals surface area contributed by atoms with Gasteiger partial charge in [-0.3, -0.25) is 10.1 Å². The lowest BCUT2D eigenvalue weighted by molar-refractivity contribution is -0.384. The highest BCUT2D eigenvalue weighted by Gasteiger charge is 2.11. The van der Waals surface area contributed by atoms with E-state index in [1.165, 1.54) is 12.1 Å². The molecule has 116 valence electrons. The molecule has 3 rings (SSSR count). The molecular weight excluding hydrogens is 308 g/mol. The van der Waals surface area contributed by atoms with Gasteiger partial charge in [0.1, 0.15) is 0 Å². The maximum atomic E-state index is 10.8. The van der Waals surface area contributed by atoms with Crippen LogP contribution in [0.1, 0.15) is 17.0 Å². The van der Waals surface area contributed by atoms with E-state index in [9.17, 15) is 10.1 Å². The predicted octanol–water partition coefficient (Wildman–Crippen LogP) is 3.69. The third-order valence-electron chi connectivity index (χ3n) is 3.18. The highest BCUT2D eigenvalue weighted by Crippen LogP contribution is 2.23. The van der Waals surface area contributed by atoms with E-state index >= 15 is 0 Å². The van der Waals surface area contributed by atoms with Gasteiger partial charge in [-0.2, -0.15) is 5.26 Å². The zero-order chi connectivity index (χ0) is 16.9. The number of nitro benzene ring substituents is 1. The molecule has 0 radical (unpaired) electrons. The summed E-state index contributed by atoms with van der Waals surface area (Å²) in [4.78, 5) is 10.3. The molecule has 0 saturated heterocycles. The number of nitrogens with zero attached hydrogens (tertiary/aromatic N) is 4. The molecule has 0 fully saturated rings. The maximum absolute atomic E-state index is 10.8. The standard InChI is InChI=1S/C17H10N4O3/c18-11-13-4-1-3-12(9-13)7-8-16-19-20-17(24-16)14-5-2-6-15(10-14)21(22)23/h1-10H. The van der Waals surface area contributed by atoms with E-state index in [0.717, 1.165) is 5.56 Å². The molecule has 0 aliphatic carbocycles. The zero-order valence-corrected chi connectivity index (χ0v) is 12.3. The quantitative estimate of drug-likeness (QED) is 0.536. The van der Waals surface area contributed by atoms with Crippen molar-refractivity contribution >= 4 is 17.8 Å². The fourth-order valence-corrected chi connectivity index (χ4v) is 2.05. The van der Waals surface area contributed by atoms with Crippen molar-refractivity contribution in [2.75, 3.05) is 0 Å². The van der Waals surface area contributed by atoms with Crippen molar-refractivity contribution < 1.29 is 9.34 Å². The fourth-order valence-electron chi connectivity index (χ4n) is 2.05. The molecule has 0 unspecified atom stereocenters. The van der Waals surface area contributed by atoms with E-state index in [0.29, 0.717) is 11.1 Å². The molecule has 0 aliphatic heterocycles. The molecule has 1 heterocycles. The normalized spacial score (nSPS) is 10.6. The van der Waals surface area contributed by atoms with Crippen LogP contribution in [0.2, 0.25) is 0 Å². The van der Waals surface area contributed by atoms with E-state index < -0.39 is 4.92 Å². The van der Waals surface area contributed by atoms with Crippen LogP contribution in [0, 0.1) is 21.4 Å². The minimum Gasteiger partial charge on any atom is -0.417 e. The monoisotopic (exact) mass is 318 g/mol. The molecule has 0 amide bonds. The first-order chi connectivity index (χ1) is 11.7. The van der Waals surface area contributed by atoms with Crippen LogP contribution >= 0.6 is 0 Å². The Morgan fingerprint density at radius 1 is 1.12 bits per heavy atom. The van der Waals surface area contributed by atoms with Gasteiger partial charge in [-0.15, -0.1) is 10.2 Å². The van der Waals surface area contributed by atoms with Crippen LogP contribution in [0.25, 0.3) is 23.6 Å². The van der Waals surface area contributed by atoms with E-state index in [2.05, 4.69) is 16.3 Å². The molecule has 7 nitrogen and oxygen atoms in total. The van der Waals surface area contributed by atoms with Gasteiger partial charge < -0.3 is 4.42 Å². The van der Waals surface area contributed by atoms with Crippen molar-refractivity contribution in [3.63, 3.8) is 0 Å². The number of nitro groups is 1. The molecule has 24 heavy (non-hydrogen) atoms. The number of hydrogen-bond donors (Lipinski definition) is 0. The number of benzene rings is 2. The zero-order valence-electron chi connectivity index (χ0n) is 12.3. The molecular formula is C17H10N4O3. The average molecular weight is 318 g/mol. The molecule has 0 bridgehead atoms. The molecule has 7 heteroatoms. The van der Waals surface area contributed by atoms with Gasteiger partial charge in [-0.1, -0.05) is 18.2 Å². The summed E-state index contributed by atoms with van der Waals surface area (Å²) in [6, 6.07) is 15.1. The Morgan fingerprint density at radius 3 is 2.75 bits per heavy atom. The van der Waals surface area contributed by atoms with E-state index in [4.69, 9.17) is 9.68 Å². The Labute approximate surface area is 136 Å². The van der Waals surface area contributed by atoms with Crippen molar-refractivity contribution in [1.82, 2.24) is 10.2 Å². The number of nitriles is 1. The summed E-state index contributed by atoms with van der Waals surface area (Å²) in [6.07, 6.45) is 3.36. The van der Waals surface area contributed by atoms with Crippen molar-refractivity contribution in [2.45, 2.75) is 0 Å². The van der Waals surface area contributed by atoms with Gasteiger partial charge in [-0.25, -0.2) is 0 Å². The fraction of sp³-hybridized carbons (Fsp3) is 0. The summed E-state index contributed by atoms with van der Waals surface area (Å²) in [7, 11) is 0. The topological polar surface area (TPSA) is 106 Å². The van der Waals surface area contributed by atoms with Gasteiger partial charge >= 0.3 is 0 Å². The summed E-state index contributed by atoms with van der Waals surface area (Å²) < 4.78 is 5.49. The lowest BCUT2D eigenvalue weighted by Crippen LogP contribution is -1.88. The van der Waals surface area contributed by atoms with Crippen molar-refractivity contribution in [2.24, 2.45) is 0 Å². The number of non-ortho nitro benzene ring substituents is 1. The van der Waals surface area contributed by atoms with Crippen LogP contribution < -0.4 is 0 Å². The van der Waals surface area contributed by atoms with Crippen molar-refractivity contribution in [1.29, 1.82) is 5.26 Å². The van der Waals surface area contributed by atoms with Crippen LogP contribution in [-0.2, 0) is 0 Å². The molecule has 0 atom stereocenters. The first-order valence-electron chi connectivity index (χ1n) is 6.92. The first kappa shape index (κ1) is 15.1. The van der Waals surface area contributed by atoms with E-state index in [1.54, 1.807) is 42.5 Å². The largest absolute Gasteiger partial charge is 0.417 e. The lowest BCUT2D eigenvalue weighted by atomic mass is 10.1. The smallest absolute Gasteiger partial charge is 0.270 e. The summed E-state index contributed by atoms with van der Waals surface area (Å²) in [5, 5.41) is 27.5. The van der Waals surface area contributed by atoms with Gasteiger partial charge in [0.25, 0.3) is 5.69 Å². The van der Waals surface area contributed by atoms with E-state index in [-0.39, 0.29) is 17.5 Å². The van der Waals surface area contributed by atoms with Crippen LogP contribution in [0.3, 0.4) is 0 Å². The Balaban J connectivity index is 1.83. The molecule has 0 aliphatic rings. The van der Waals surface area contributed by atoms with Gasteiger partial charge in [0.2, 0.25) is 11.8 Å². The molecule has 0 saturated carbocycles. The first-order valence-corrected chi connectivity index (χ1v) is 6.92. The molecule has 3 aromatic rings. The summed E-state index contributed by atoms with van der Waals surface area (Å²) in [5.74, 6) is 0.461. The van der Waals surface area contributed by atoms with Gasteiger partial charge in [0, 0.05) is 23.8 Å². The van der Waals surface area contributed by atoms with Crippen LogP contribution in [0.5, 0.6) is 0 Å². The summed E-state index contributed by atoms with van der Waals surface area (Å²) in [5.41, 5.74) is 1.81.